The van der Waals surface area contributed by atoms with Crippen LogP contribution in [0, 0.1) is 17.9 Å². The summed E-state index contributed by atoms with van der Waals surface area (Å²) in [5, 5.41) is 12.0. The van der Waals surface area contributed by atoms with Crippen LogP contribution >= 0.6 is 0 Å². The van der Waals surface area contributed by atoms with E-state index in [0.717, 1.165) is 12.1 Å². The molecule has 0 radical (unpaired) electrons. The number of rotatable bonds is 3. The number of alkyl halides is 6. The minimum Gasteiger partial charge on any atom is -0.309 e. The van der Waals surface area contributed by atoms with Crippen molar-refractivity contribution in [3.8, 4) is 28.6 Å². The lowest BCUT2D eigenvalue weighted by molar-refractivity contribution is -0.138. The molecule has 0 bridgehead atoms. The number of halogens is 6. The molecule has 2 aromatic heterocycles. The van der Waals surface area contributed by atoms with Crippen molar-refractivity contribution in [2.45, 2.75) is 12.4 Å². The van der Waals surface area contributed by atoms with Gasteiger partial charge in [-0.05, 0) is 83.2 Å². The molecular weight excluding hydrogens is 650 g/mol. The van der Waals surface area contributed by atoms with Crippen LogP contribution in [0.2, 0.25) is 0 Å². The zero-order valence-corrected chi connectivity index (χ0v) is 25.6. The first-order valence-corrected chi connectivity index (χ1v) is 15.3. The average Bonchev–Trinajstić information content (AvgIpc) is 3.62. The Balaban J connectivity index is 1.42. The van der Waals surface area contributed by atoms with Crippen LogP contribution in [0.3, 0.4) is 0 Å². The fraction of sp³-hybridized carbons (Fsp3) is 0.0500. The molecule has 0 unspecified atom stereocenters. The van der Waals surface area contributed by atoms with Gasteiger partial charge in [-0.1, -0.05) is 54.6 Å². The molecule has 0 aliphatic rings. The van der Waals surface area contributed by atoms with Gasteiger partial charge in [0.1, 0.15) is 0 Å². The summed E-state index contributed by atoms with van der Waals surface area (Å²) in [7, 11) is 0. The van der Waals surface area contributed by atoms with Crippen LogP contribution in [0.15, 0.2) is 121 Å². The topological polar surface area (TPSA) is 38.0 Å². The summed E-state index contributed by atoms with van der Waals surface area (Å²) in [6, 6.07) is 32.5. The van der Waals surface area contributed by atoms with Crippen LogP contribution in [0.5, 0.6) is 0 Å². The molecule has 0 saturated carbocycles. The van der Waals surface area contributed by atoms with E-state index in [2.05, 4.69) is 10.9 Å². The molecule has 0 spiro atoms. The Bertz CT molecular complexity index is 2580. The molecule has 0 atom stereocenters. The van der Waals surface area contributed by atoms with Crippen molar-refractivity contribution in [2.75, 3.05) is 0 Å². The zero-order valence-electron chi connectivity index (χ0n) is 25.6. The quantitative estimate of drug-likeness (QED) is 0.136. The largest absolute Gasteiger partial charge is 0.418 e. The molecule has 0 N–H and O–H groups in total. The summed E-state index contributed by atoms with van der Waals surface area (Å²) >= 11 is 0. The highest BCUT2D eigenvalue weighted by atomic mass is 19.4. The number of hydrogen-bond acceptors (Lipinski definition) is 1. The lowest BCUT2D eigenvalue weighted by Crippen LogP contribution is -2.12. The predicted octanol–water partition coefficient (Wildman–Crippen LogP) is 12.0. The van der Waals surface area contributed by atoms with E-state index in [-0.39, 0.29) is 22.5 Å². The molecule has 8 aromatic rings. The predicted molar refractivity (Wildman–Crippen MR) is 182 cm³/mol. The van der Waals surface area contributed by atoms with Crippen LogP contribution in [-0.4, -0.2) is 9.13 Å². The molecule has 0 aliphatic heterocycles. The maximum Gasteiger partial charge on any atom is 0.418 e. The van der Waals surface area contributed by atoms with Gasteiger partial charge in [0.2, 0.25) is 0 Å². The summed E-state index contributed by atoms with van der Waals surface area (Å²) < 4.78 is 91.0. The lowest BCUT2D eigenvalue weighted by Gasteiger charge is -2.19. The molecule has 0 saturated heterocycles. The van der Waals surface area contributed by atoms with Crippen molar-refractivity contribution >= 4 is 49.3 Å². The molecular formula is C40H20F6N4. The van der Waals surface area contributed by atoms with E-state index in [4.69, 9.17) is 6.57 Å². The van der Waals surface area contributed by atoms with E-state index >= 15 is 0 Å². The summed E-state index contributed by atoms with van der Waals surface area (Å²) in [5.41, 5.74) is 0.739. The highest BCUT2D eigenvalue weighted by molar-refractivity contribution is 6.11. The number of nitrogens with zero attached hydrogens (tertiary/aromatic N) is 4. The van der Waals surface area contributed by atoms with Gasteiger partial charge in [0.15, 0.2) is 5.69 Å². The Morgan fingerprint density at radius 1 is 0.520 bits per heavy atom. The van der Waals surface area contributed by atoms with Crippen molar-refractivity contribution in [3.63, 3.8) is 0 Å². The third kappa shape index (κ3) is 4.76. The minimum atomic E-state index is -4.77. The van der Waals surface area contributed by atoms with Gasteiger partial charge in [-0.3, -0.25) is 0 Å². The molecule has 0 fully saturated rings. The van der Waals surface area contributed by atoms with E-state index < -0.39 is 23.5 Å². The molecule has 2 heterocycles. The Morgan fingerprint density at radius 3 is 1.46 bits per heavy atom. The van der Waals surface area contributed by atoms with E-state index in [0.29, 0.717) is 54.9 Å². The van der Waals surface area contributed by atoms with Gasteiger partial charge in [-0.2, -0.15) is 31.6 Å². The second-order valence-electron chi connectivity index (χ2n) is 11.8. The molecule has 6 aromatic carbocycles. The average molecular weight is 671 g/mol. The van der Waals surface area contributed by atoms with Crippen molar-refractivity contribution in [1.82, 2.24) is 9.13 Å². The van der Waals surface area contributed by atoms with Gasteiger partial charge in [0.25, 0.3) is 0 Å². The summed E-state index contributed by atoms with van der Waals surface area (Å²) in [5.74, 6) is 0. The first-order valence-electron chi connectivity index (χ1n) is 15.3. The van der Waals surface area contributed by atoms with Crippen LogP contribution in [0.4, 0.5) is 32.0 Å². The van der Waals surface area contributed by atoms with Crippen molar-refractivity contribution in [2.24, 2.45) is 0 Å². The van der Waals surface area contributed by atoms with E-state index in [1.54, 1.807) is 72.8 Å². The second-order valence-corrected chi connectivity index (χ2v) is 11.8. The normalized spacial score (nSPS) is 12.2. The second kappa shape index (κ2) is 11.0. The number of para-hydroxylation sites is 2. The molecule has 0 aliphatic carbocycles. The van der Waals surface area contributed by atoms with Gasteiger partial charge in [0, 0.05) is 16.2 Å². The highest BCUT2D eigenvalue weighted by Crippen LogP contribution is 2.44. The van der Waals surface area contributed by atoms with Crippen LogP contribution in [0.1, 0.15) is 16.7 Å². The molecule has 50 heavy (non-hydrogen) atoms. The summed E-state index contributed by atoms with van der Waals surface area (Å²) in [6.07, 6.45) is -9.53. The summed E-state index contributed by atoms with van der Waals surface area (Å²) in [4.78, 5) is 3.48. The van der Waals surface area contributed by atoms with Crippen molar-refractivity contribution in [3.05, 3.63) is 149 Å². The van der Waals surface area contributed by atoms with Crippen LogP contribution in [0.25, 0.3) is 71.0 Å². The smallest absolute Gasteiger partial charge is 0.309 e. The Hall–Kier alpha value is -6.52. The first-order chi connectivity index (χ1) is 24.0. The Kier molecular flexibility index (Phi) is 6.78. The SMILES string of the molecule is [C-]#[N+]c1ccc2c(c1)c1ccccc1n2-c1cc(-c2ccc(C(F)(F)F)c(-n3c4ccccc4c4cc(C#N)ccc43)c2)ccc1C(F)(F)F. The number of benzene rings is 6. The monoisotopic (exact) mass is 670 g/mol. The van der Waals surface area contributed by atoms with Gasteiger partial charge in [-0.15, -0.1) is 0 Å². The highest BCUT2D eigenvalue weighted by Gasteiger charge is 2.37. The number of aromatic nitrogens is 2. The third-order valence-corrected chi connectivity index (χ3v) is 9.01. The Morgan fingerprint density at radius 2 is 0.980 bits per heavy atom. The maximum absolute atomic E-state index is 14.7. The molecule has 242 valence electrons. The molecule has 4 nitrogen and oxygen atoms in total. The van der Waals surface area contributed by atoms with E-state index in [1.165, 1.54) is 45.5 Å². The van der Waals surface area contributed by atoms with E-state index in [9.17, 15) is 31.6 Å². The number of fused-ring (bicyclic) bond motifs is 6. The number of hydrogen-bond donors (Lipinski definition) is 0. The third-order valence-electron chi connectivity index (χ3n) is 9.01. The van der Waals surface area contributed by atoms with Gasteiger partial charge in [-0.25, -0.2) is 4.85 Å². The first kappa shape index (κ1) is 30.8. The zero-order chi connectivity index (χ0) is 34.9. The van der Waals surface area contributed by atoms with E-state index in [1.807, 2.05) is 0 Å². The minimum absolute atomic E-state index is 0.209. The fourth-order valence-electron chi connectivity index (χ4n) is 6.86. The standard InChI is InChI=1S/C40H20F6N4/c1-48-26-13-17-36-30(21-26)28-7-3-5-9-34(28)50(36)38-20-25(12-15-32(38)40(44,45)46)24-11-14-31(39(41,42)43)37(19-24)49-33-8-4-2-6-27(33)29-18-23(22-47)10-16-35(29)49/h2-21H. The molecule has 10 heteroatoms. The number of nitriles is 1. The van der Waals surface area contributed by atoms with Crippen molar-refractivity contribution < 1.29 is 26.3 Å². The van der Waals surface area contributed by atoms with Gasteiger partial charge in [0.05, 0.1) is 62.8 Å². The van der Waals surface area contributed by atoms with Crippen LogP contribution < -0.4 is 0 Å². The molecule has 8 rings (SSSR count). The molecule has 0 amide bonds. The fourth-order valence-corrected chi connectivity index (χ4v) is 6.86. The van der Waals surface area contributed by atoms with Crippen LogP contribution in [-0.2, 0) is 12.4 Å². The van der Waals surface area contributed by atoms with Crippen molar-refractivity contribution in [1.29, 1.82) is 5.26 Å². The van der Waals surface area contributed by atoms with Gasteiger partial charge >= 0.3 is 12.4 Å². The lowest BCUT2D eigenvalue weighted by atomic mass is 9.99. The van der Waals surface area contributed by atoms with Gasteiger partial charge < -0.3 is 9.13 Å². The Labute approximate surface area is 280 Å². The maximum atomic E-state index is 14.7. The summed E-state index contributed by atoms with van der Waals surface area (Å²) in [6.45, 7) is 7.45.